The predicted octanol–water partition coefficient (Wildman–Crippen LogP) is 2.40. The number of pyridine rings is 1. The number of benzene rings is 1. The number of H-pyrrole nitrogens is 1. The lowest BCUT2D eigenvalue weighted by molar-refractivity contribution is -0.274. The normalized spacial score (nSPS) is 11.3. The van der Waals surface area contributed by atoms with E-state index in [2.05, 4.69) is 25.3 Å². The molecule has 0 atom stereocenters. The van der Waals surface area contributed by atoms with E-state index in [4.69, 9.17) is 5.73 Å². The molecule has 12 heteroatoms. The minimum atomic E-state index is -4.79. The summed E-state index contributed by atoms with van der Waals surface area (Å²) in [4.78, 5) is 26.6. The van der Waals surface area contributed by atoms with Crippen molar-refractivity contribution in [1.29, 1.82) is 0 Å². The summed E-state index contributed by atoms with van der Waals surface area (Å²) >= 11 is 0. The number of unbranched alkanes of at least 4 members (excludes halogenated alkanes) is 1. The highest BCUT2D eigenvalue weighted by molar-refractivity contribution is 5.91. The number of anilines is 1. The lowest BCUT2D eigenvalue weighted by Gasteiger charge is -2.10. The topological polar surface area (TPSA) is 128 Å². The van der Waals surface area contributed by atoms with Gasteiger partial charge in [-0.25, -0.2) is 0 Å². The molecule has 4 N–H and O–H groups in total. The number of aryl methyl sites for hydroxylation is 1. The fraction of sp³-hybridized carbons (Fsp3) is 0.300. The zero-order chi connectivity index (χ0) is 23.1. The van der Waals surface area contributed by atoms with Crippen molar-refractivity contribution in [1.82, 2.24) is 25.3 Å². The van der Waals surface area contributed by atoms with Crippen molar-refractivity contribution in [3.8, 4) is 5.75 Å². The molecule has 0 unspecified atom stereocenters. The Morgan fingerprint density at radius 1 is 1.25 bits per heavy atom. The maximum atomic E-state index is 12.3. The summed E-state index contributed by atoms with van der Waals surface area (Å²) < 4.78 is 42.3. The van der Waals surface area contributed by atoms with Crippen molar-refractivity contribution in [2.75, 3.05) is 5.73 Å². The molecule has 3 aromatic rings. The van der Waals surface area contributed by atoms with E-state index in [0.717, 1.165) is 0 Å². The van der Waals surface area contributed by atoms with E-state index in [1.807, 2.05) is 0 Å². The Bertz CT molecular complexity index is 1130. The maximum absolute atomic E-state index is 12.3. The van der Waals surface area contributed by atoms with Crippen molar-refractivity contribution in [2.45, 2.75) is 38.7 Å². The fourth-order valence-corrected chi connectivity index (χ4v) is 3.00. The standard InChI is InChI=1S/C20H21F3N6O3/c21-20(22,23)32-14-5-3-4-13(10-14)11-26-19(31)17-12-29(28-27-17)9-2-1-6-15-16(24)7-8-25-18(15)30/h3-5,7-8,10,12H,1-2,6,9,11H2,(H,26,31)(H3,24,25,30). The van der Waals surface area contributed by atoms with Crippen LogP contribution in [0.5, 0.6) is 5.75 Å². The molecular weight excluding hydrogens is 429 g/mol. The zero-order valence-electron chi connectivity index (χ0n) is 16.9. The first-order chi connectivity index (χ1) is 15.2. The van der Waals surface area contributed by atoms with Crippen LogP contribution in [-0.2, 0) is 19.5 Å². The van der Waals surface area contributed by atoms with E-state index in [9.17, 15) is 22.8 Å². The van der Waals surface area contributed by atoms with Crippen molar-refractivity contribution >= 4 is 11.6 Å². The van der Waals surface area contributed by atoms with Crippen LogP contribution in [-0.4, -0.2) is 32.2 Å². The van der Waals surface area contributed by atoms with Gasteiger partial charge in [0.1, 0.15) is 5.75 Å². The molecule has 0 aliphatic heterocycles. The number of nitrogen functional groups attached to an aromatic ring is 1. The van der Waals surface area contributed by atoms with Gasteiger partial charge in [0, 0.05) is 30.5 Å². The number of rotatable bonds is 9. The van der Waals surface area contributed by atoms with Crippen LogP contribution in [0.1, 0.15) is 34.5 Å². The van der Waals surface area contributed by atoms with E-state index in [0.29, 0.717) is 42.6 Å². The number of amides is 1. The van der Waals surface area contributed by atoms with Crippen molar-refractivity contribution < 1.29 is 22.7 Å². The van der Waals surface area contributed by atoms with Gasteiger partial charge in [-0.15, -0.1) is 18.3 Å². The second-order valence-electron chi connectivity index (χ2n) is 6.94. The van der Waals surface area contributed by atoms with Crippen molar-refractivity contribution in [3.05, 3.63) is 69.9 Å². The Morgan fingerprint density at radius 3 is 2.81 bits per heavy atom. The minimum Gasteiger partial charge on any atom is -0.406 e. The highest BCUT2D eigenvalue weighted by atomic mass is 19.4. The Balaban J connectivity index is 1.46. The highest BCUT2D eigenvalue weighted by Gasteiger charge is 2.31. The number of alkyl halides is 3. The summed E-state index contributed by atoms with van der Waals surface area (Å²) in [6, 6.07) is 6.96. The lowest BCUT2D eigenvalue weighted by Crippen LogP contribution is -2.23. The van der Waals surface area contributed by atoms with E-state index < -0.39 is 12.3 Å². The van der Waals surface area contributed by atoms with Crippen LogP contribution in [0.2, 0.25) is 0 Å². The van der Waals surface area contributed by atoms with Crippen LogP contribution in [0, 0.1) is 0 Å². The molecule has 0 aliphatic carbocycles. The number of ether oxygens (including phenoxy) is 1. The molecule has 32 heavy (non-hydrogen) atoms. The van der Waals surface area contributed by atoms with Gasteiger partial charge in [-0.05, 0) is 43.0 Å². The molecule has 0 spiro atoms. The third-order valence-electron chi connectivity index (χ3n) is 4.52. The van der Waals surface area contributed by atoms with E-state index in [1.54, 1.807) is 12.1 Å². The molecule has 3 rings (SSSR count). The van der Waals surface area contributed by atoms with Crippen LogP contribution in [0.15, 0.2) is 47.5 Å². The summed E-state index contributed by atoms with van der Waals surface area (Å²) in [7, 11) is 0. The quantitative estimate of drug-likeness (QED) is 0.430. The number of nitrogens with one attached hydrogen (secondary N) is 2. The number of aromatic amines is 1. The fourth-order valence-electron chi connectivity index (χ4n) is 3.00. The highest BCUT2D eigenvalue weighted by Crippen LogP contribution is 2.23. The third-order valence-corrected chi connectivity index (χ3v) is 4.52. The molecule has 170 valence electrons. The number of halogens is 3. The molecule has 1 amide bonds. The van der Waals surface area contributed by atoms with Gasteiger partial charge >= 0.3 is 6.36 Å². The molecule has 0 aliphatic rings. The van der Waals surface area contributed by atoms with Gasteiger partial charge in [-0.3, -0.25) is 14.3 Å². The van der Waals surface area contributed by atoms with Gasteiger partial charge in [0.05, 0.1) is 6.20 Å². The maximum Gasteiger partial charge on any atom is 0.573 e. The molecule has 0 radical (unpaired) electrons. The largest absolute Gasteiger partial charge is 0.573 e. The Hall–Kier alpha value is -3.83. The van der Waals surface area contributed by atoms with Gasteiger partial charge < -0.3 is 20.8 Å². The molecule has 0 saturated carbocycles. The van der Waals surface area contributed by atoms with Crippen molar-refractivity contribution in [3.63, 3.8) is 0 Å². The molecule has 9 nitrogen and oxygen atoms in total. The van der Waals surface area contributed by atoms with Gasteiger partial charge in [0.25, 0.3) is 11.5 Å². The number of nitrogens with two attached hydrogens (primary N) is 1. The minimum absolute atomic E-state index is 0.00616. The number of nitrogens with zero attached hydrogens (tertiary/aromatic N) is 3. The summed E-state index contributed by atoms with van der Waals surface area (Å²) in [6.45, 7) is 0.482. The molecule has 0 bridgehead atoms. The Labute approximate surface area is 180 Å². The summed E-state index contributed by atoms with van der Waals surface area (Å²) in [5.41, 5.74) is 7.10. The third kappa shape index (κ3) is 6.59. The molecule has 1 aromatic carbocycles. The Kier molecular flexibility index (Phi) is 7.13. The van der Waals surface area contributed by atoms with Crippen LogP contribution in [0.25, 0.3) is 0 Å². The summed E-state index contributed by atoms with van der Waals surface area (Å²) in [5.74, 6) is -0.878. The molecule has 2 aromatic heterocycles. The average molecular weight is 450 g/mol. The van der Waals surface area contributed by atoms with E-state index >= 15 is 0 Å². The van der Waals surface area contributed by atoms with Crippen molar-refractivity contribution in [2.24, 2.45) is 0 Å². The monoisotopic (exact) mass is 450 g/mol. The van der Waals surface area contributed by atoms with Crippen LogP contribution in [0.3, 0.4) is 0 Å². The molecule has 0 saturated heterocycles. The average Bonchev–Trinajstić information content (AvgIpc) is 3.19. The van der Waals surface area contributed by atoms with Crippen LogP contribution < -0.4 is 21.3 Å². The zero-order valence-corrected chi connectivity index (χ0v) is 16.9. The van der Waals surface area contributed by atoms with E-state index in [-0.39, 0.29) is 23.5 Å². The SMILES string of the molecule is Nc1cc[nH]c(=O)c1CCCCn1cc(C(=O)NCc2cccc(OC(F)(F)F)c2)nn1. The van der Waals surface area contributed by atoms with Crippen LogP contribution in [0.4, 0.5) is 18.9 Å². The smallest absolute Gasteiger partial charge is 0.406 e. The molecule has 0 fully saturated rings. The number of carbonyl (C=O) groups excluding carboxylic acids is 1. The number of carbonyl (C=O) groups is 1. The number of hydrogen-bond acceptors (Lipinski definition) is 6. The Morgan fingerprint density at radius 2 is 2.06 bits per heavy atom. The lowest BCUT2D eigenvalue weighted by atomic mass is 10.1. The van der Waals surface area contributed by atoms with Gasteiger partial charge in [-0.2, -0.15) is 0 Å². The van der Waals surface area contributed by atoms with Crippen LogP contribution >= 0.6 is 0 Å². The second-order valence-corrected chi connectivity index (χ2v) is 6.94. The number of hydrogen-bond donors (Lipinski definition) is 3. The first-order valence-corrected chi connectivity index (χ1v) is 9.70. The first-order valence-electron chi connectivity index (χ1n) is 9.70. The van der Waals surface area contributed by atoms with Gasteiger partial charge in [0.15, 0.2) is 5.69 Å². The molecular formula is C20H21F3N6O3. The number of aromatic nitrogens is 4. The summed E-state index contributed by atoms with van der Waals surface area (Å²) in [5, 5.41) is 10.3. The van der Waals surface area contributed by atoms with Gasteiger partial charge in [0.2, 0.25) is 0 Å². The van der Waals surface area contributed by atoms with Gasteiger partial charge in [-0.1, -0.05) is 17.3 Å². The predicted molar refractivity (Wildman–Crippen MR) is 109 cm³/mol. The first kappa shape index (κ1) is 22.8. The summed E-state index contributed by atoms with van der Waals surface area (Å²) in [6.07, 6.45) is 0.0720. The van der Waals surface area contributed by atoms with E-state index in [1.165, 1.54) is 35.3 Å². The second kappa shape index (κ2) is 9.98. The molecule has 2 heterocycles.